The van der Waals surface area contributed by atoms with Crippen molar-refractivity contribution < 1.29 is 4.74 Å². The van der Waals surface area contributed by atoms with E-state index in [9.17, 15) is 0 Å². The third-order valence-electron chi connectivity index (χ3n) is 5.91. The first-order chi connectivity index (χ1) is 13.8. The van der Waals surface area contributed by atoms with Crippen molar-refractivity contribution in [3.8, 4) is 16.9 Å². The van der Waals surface area contributed by atoms with Crippen LogP contribution in [0, 0.1) is 5.92 Å². The van der Waals surface area contributed by atoms with Gasteiger partial charge in [-0.2, -0.15) is 0 Å². The van der Waals surface area contributed by atoms with Crippen molar-refractivity contribution in [1.29, 1.82) is 0 Å². The van der Waals surface area contributed by atoms with Crippen molar-refractivity contribution in [3.05, 3.63) is 36.0 Å². The number of benzene rings is 1. The number of aromatic nitrogens is 2. The first kappa shape index (κ1) is 17.9. The lowest BCUT2D eigenvalue weighted by Crippen LogP contribution is -2.40. The molecule has 0 atom stereocenters. The predicted molar refractivity (Wildman–Crippen MR) is 115 cm³/mol. The van der Waals surface area contributed by atoms with Gasteiger partial charge in [-0.3, -0.25) is 0 Å². The van der Waals surface area contributed by atoms with Crippen LogP contribution in [0.2, 0.25) is 0 Å². The number of anilines is 1. The van der Waals surface area contributed by atoms with Crippen LogP contribution < -0.4 is 10.1 Å². The van der Waals surface area contributed by atoms with Crippen LogP contribution in [0.3, 0.4) is 0 Å². The molecular formula is C22H26N4OS. The molecule has 1 saturated carbocycles. The number of piperidine rings is 1. The van der Waals surface area contributed by atoms with Crippen molar-refractivity contribution in [1.82, 2.24) is 14.9 Å². The van der Waals surface area contributed by atoms with E-state index in [4.69, 9.17) is 4.74 Å². The van der Waals surface area contributed by atoms with Gasteiger partial charge < -0.3 is 15.0 Å². The normalized spacial score (nSPS) is 18.5. The number of rotatable bonds is 6. The van der Waals surface area contributed by atoms with E-state index in [2.05, 4.69) is 37.7 Å². The van der Waals surface area contributed by atoms with Crippen LogP contribution in [-0.2, 0) is 0 Å². The minimum atomic E-state index is 0.483. The summed E-state index contributed by atoms with van der Waals surface area (Å²) in [7, 11) is 1.70. The molecule has 3 aromatic rings. The number of likely N-dealkylation sites (tertiary alicyclic amines) is 1. The summed E-state index contributed by atoms with van der Waals surface area (Å²) >= 11 is 1.68. The molecule has 1 aliphatic heterocycles. The van der Waals surface area contributed by atoms with Crippen molar-refractivity contribution in [2.24, 2.45) is 5.92 Å². The van der Waals surface area contributed by atoms with E-state index in [1.807, 2.05) is 12.1 Å². The average molecular weight is 395 g/mol. The molecular weight excluding hydrogens is 368 g/mol. The van der Waals surface area contributed by atoms with E-state index >= 15 is 0 Å². The van der Waals surface area contributed by atoms with Gasteiger partial charge in [-0.05, 0) is 49.3 Å². The number of hydrogen-bond acceptors (Lipinski definition) is 6. The van der Waals surface area contributed by atoms with Crippen LogP contribution in [0.25, 0.3) is 21.3 Å². The van der Waals surface area contributed by atoms with Gasteiger partial charge in [-0.1, -0.05) is 12.1 Å². The Morgan fingerprint density at radius 3 is 2.61 bits per heavy atom. The number of hydrogen-bond donors (Lipinski definition) is 1. The Morgan fingerprint density at radius 1 is 1.11 bits per heavy atom. The van der Waals surface area contributed by atoms with E-state index in [1.54, 1.807) is 24.8 Å². The van der Waals surface area contributed by atoms with Crippen molar-refractivity contribution in [2.75, 3.05) is 32.1 Å². The Morgan fingerprint density at radius 2 is 1.89 bits per heavy atom. The van der Waals surface area contributed by atoms with Crippen LogP contribution in [0.5, 0.6) is 5.75 Å². The minimum Gasteiger partial charge on any atom is -0.497 e. The first-order valence-electron chi connectivity index (χ1n) is 10.2. The molecule has 2 fully saturated rings. The molecule has 0 unspecified atom stereocenters. The molecule has 0 spiro atoms. The molecule has 3 heterocycles. The van der Waals surface area contributed by atoms with Crippen LogP contribution in [0.4, 0.5) is 5.82 Å². The molecule has 5 nitrogen and oxygen atoms in total. The summed E-state index contributed by atoms with van der Waals surface area (Å²) < 4.78 is 5.30. The lowest BCUT2D eigenvalue weighted by Gasteiger charge is -2.32. The Hall–Kier alpha value is -2.18. The number of nitrogens with one attached hydrogen (secondary N) is 1. The first-order valence-corrected chi connectivity index (χ1v) is 11.0. The highest BCUT2D eigenvalue weighted by Gasteiger charge is 2.27. The van der Waals surface area contributed by atoms with Gasteiger partial charge in [0.1, 0.15) is 22.7 Å². The standard InChI is InChI=1S/C22H26N4OS/c1-27-18-6-4-16(5-7-18)19-13-28-22-20(19)21(23-14-24-22)25-17-8-10-26(11-9-17)12-15-2-3-15/h4-7,13-15,17H,2-3,8-12H2,1H3,(H,23,24,25). The van der Waals surface area contributed by atoms with Gasteiger partial charge in [-0.25, -0.2) is 9.97 Å². The quantitative estimate of drug-likeness (QED) is 0.659. The zero-order valence-corrected chi connectivity index (χ0v) is 17.0. The number of nitrogens with zero attached hydrogens (tertiary/aromatic N) is 3. The summed E-state index contributed by atoms with van der Waals surface area (Å²) in [5.74, 6) is 2.82. The zero-order valence-electron chi connectivity index (χ0n) is 16.2. The summed E-state index contributed by atoms with van der Waals surface area (Å²) in [5, 5.41) is 7.06. The highest BCUT2D eigenvalue weighted by atomic mass is 32.1. The molecule has 1 saturated heterocycles. The Balaban J connectivity index is 1.36. The fourth-order valence-corrected chi connectivity index (χ4v) is 5.00. The molecule has 5 rings (SSSR count). The second kappa shape index (κ2) is 7.68. The van der Waals surface area contributed by atoms with Crippen LogP contribution in [-0.4, -0.2) is 47.7 Å². The SMILES string of the molecule is COc1ccc(-c2csc3ncnc(NC4CCN(CC5CC5)CC4)c23)cc1. The third kappa shape index (κ3) is 3.71. The Kier molecular flexibility index (Phi) is 4.91. The largest absolute Gasteiger partial charge is 0.497 e. The molecule has 0 amide bonds. The molecule has 6 heteroatoms. The van der Waals surface area contributed by atoms with Crippen LogP contribution >= 0.6 is 11.3 Å². The molecule has 1 aromatic carbocycles. The van der Waals surface area contributed by atoms with E-state index in [1.165, 1.54) is 56.4 Å². The molecule has 28 heavy (non-hydrogen) atoms. The molecule has 146 valence electrons. The van der Waals surface area contributed by atoms with Crippen LogP contribution in [0.15, 0.2) is 36.0 Å². The van der Waals surface area contributed by atoms with E-state index < -0.39 is 0 Å². The number of fused-ring (bicyclic) bond motifs is 1. The Labute approximate surface area is 169 Å². The highest BCUT2D eigenvalue weighted by Crippen LogP contribution is 2.37. The van der Waals surface area contributed by atoms with Gasteiger partial charge in [0.2, 0.25) is 0 Å². The molecule has 2 aromatic heterocycles. The maximum absolute atomic E-state index is 5.30. The summed E-state index contributed by atoms with van der Waals surface area (Å²) in [5.41, 5.74) is 2.36. The van der Waals surface area contributed by atoms with Gasteiger partial charge in [0, 0.05) is 36.6 Å². The fraction of sp³-hybridized carbons (Fsp3) is 0.455. The van der Waals surface area contributed by atoms with E-state index in [0.29, 0.717) is 6.04 Å². The second-order valence-corrected chi connectivity index (χ2v) is 8.80. The number of ether oxygens (including phenoxy) is 1. The van der Waals surface area contributed by atoms with Gasteiger partial charge in [0.25, 0.3) is 0 Å². The molecule has 0 radical (unpaired) electrons. The van der Waals surface area contributed by atoms with Gasteiger partial charge in [0.15, 0.2) is 0 Å². The maximum atomic E-state index is 5.30. The van der Waals surface area contributed by atoms with Gasteiger partial charge >= 0.3 is 0 Å². The van der Waals surface area contributed by atoms with Gasteiger partial charge in [0.05, 0.1) is 12.5 Å². The van der Waals surface area contributed by atoms with Crippen molar-refractivity contribution in [3.63, 3.8) is 0 Å². The molecule has 2 aliphatic rings. The monoisotopic (exact) mass is 394 g/mol. The zero-order chi connectivity index (χ0) is 18.9. The molecule has 1 aliphatic carbocycles. The summed E-state index contributed by atoms with van der Waals surface area (Å²) in [6.45, 7) is 3.69. The maximum Gasteiger partial charge on any atom is 0.139 e. The predicted octanol–water partition coefficient (Wildman–Crippen LogP) is 4.65. The summed E-state index contributed by atoms with van der Waals surface area (Å²) in [4.78, 5) is 12.8. The van der Waals surface area contributed by atoms with E-state index in [-0.39, 0.29) is 0 Å². The topological polar surface area (TPSA) is 50.3 Å². The Bertz CT molecular complexity index is 943. The highest BCUT2D eigenvalue weighted by molar-refractivity contribution is 7.17. The summed E-state index contributed by atoms with van der Waals surface area (Å²) in [6, 6.07) is 8.70. The number of methoxy groups -OCH3 is 1. The van der Waals surface area contributed by atoms with Crippen molar-refractivity contribution in [2.45, 2.75) is 31.7 Å². The molecule has 1 N–H and O–H groups in total. The average Bonchev–Trinajstić information content (AvgIpc) is 3.45. The fourth-order valence-electron chi connectivity index (χ4n) is 4.09. The number of thiophene rings is 1. The summed E-state index contributed by atoms with van der Waals surface area (Å²) in [6.07, 6.45) is 6.91. The molecule has 0 bridgehead atoms. The minimum absolute atomic E-state index is 0.483. The third-order valence-corrected chi connectivity index (χ3v) is 6.80. The second-order valence-electron chi connectivity index (χ2n) is 7.94. The lowest BCUT2D eigenvalue weighted by atomic mass is 10.0. The van der Waals surface area contributed by atoms with E-state index in [0.717, 1.165) is 27.7 Å². The van der Waals surface area contributed by atoms with Crippen molar-refractivity contribution >= 4 is 27.4 Å². The lowest BCUT2D eigenvalue weighted by molar-refractivity contribution is 0.211. The smallest absolute Gasteiger partial charge is 0.139 e. The van der Waals surface area contributed by atoms with Crippen LogP contribution in [0.1, 0.15) is 25.7 Å². The van der Waals surface area contributed by atoms with Gasteiger partial charge in [-0.15, -0.1) is 11.3 Å².